The van der Waals surface area contributed by atoms with Gasteiger partial charge in [-0.1, -0.05) is 26.0 Å². The predicted molar refractivity (Wildman–Crippen MR) is 95.6 cm³/mol. The van der Waals surface area contributed by atoms with Crippen molar-refractivity contribution in [2.24, 2.45) is 5.92 Å². The molecule has 0 amide bonds. The smallest absolute Gasteiger partial charge is 0.338 e. The van der Waals surface area contributed by atoms with Crippen molar-refractivity contribution in [3.05, 3.63) is 35.4 Å². The predicted octanol–water partition coefficient (Wildman–Crippen LogP) is 4.70. The molecular weight excluding hydrogens is 327 g/mol. The Bertz CT molecular complexity index is 543. The summed E-state index contributed by atoms with van der Waals surface area (Å²) in [4.78, 5) is 12.1. The Morgan fingerprint density at radius 2 is 1.58 bits per heavy atom. The summed E-state index contributed by atoms with van der Waals surface area (Å²) in [5, 5.41) is 0. The van der Waals surface area contributed by atoms with E-state index in [1.165, 1.54) is 0 Å². The van der Waals surface area contributed by atoms with Crippen molar-refractivity contribution < 1.29 is 23.1 Å². The van der Waals surface area contributed by atoms with Crippen LogP contribution in [0.2, 0.25) is 0 Å². The largest absolute Gasteiger partial charge is 0.459 e. The molecule has 1 aromatic carbocycles. The second-order valence-electron chi connectivity index (χ2n) is 5.97. The van der Waals surface area contributed by atoms with Gasteiger partial charge in [0.2, 0.25) is 0 Å². The van der Waals surface area contributed by atoms with Crippen LogP contribution in [0.3, 0.4) is 0 Å². The lowest BCUT2D eigenvalue weighted by molar-refractivity contribution is 0.0238. The number of rotatable bonds is 10. The Kier molecular flexibility index (Phi) is 8.68. The van der Waals surface area contributed by atoms with E-state index in [0.717, 1.165) is 5.56 Å². The Balaban J connectivity index is 2.64. The molecule has 1 unspecified atom stereocenters. The van der Waals surface area contributed by atoms with Gasteiger partial charge >= 0.3 is 13.6 Å². The monoisotopic (exact) mass is 356 g/mol. The molecule has 0 aromatic heterocycles. The van der Waals surface area contributed by atoms with Crippen LogP contribution < -0.4 is 0 Å². The molecule has 0 bridgehead atoms. The summed E-state index contributed by atoms with van der Waals surface area (Å²) < 4.78 is 28.4. The molecular formula is C18H29O5P. The lowest BCUT2D eigenvalue weighted by Crippen LogP contribution is -2.20. The zero-order chi connectivity index (χ0) is 18.2. The molecule has 136 valence electrons. The highest BCUT2D eigenvalue weighted by Crippen LogP contribution is 2.48. The Morgan fingerprint density at radius 1 is 1.04 bits per heavy atom. The molecule has 0 N–H and O–H groups in total. The molecule has 0 radical (unpaired) electrons. The first-order chi connectivity index (χ1) is 11.3. The van der Waals surface area contributed by atoms with Crippen LogP contribution in [-0.4, -0.2) is 31.4 Å². The third kappa shape index (κ3) is 6.76. The van der Waals surface area contributed by atoms with Gasteiger partial charge in [0.05, 0.1) is 24.9 Å². The molecule has 0 aliphatic heterocycles. The first kappa shape index (κ1) is 20.9. The number of ether oxygens (including phenoxy) is 1. The average Bonchev–Trinajstić information content (AvgIpc) is 2.53. The van der Waals surface area contributed by atoms with Crippen molar-refractivity contribution in [1.82, 2.24) is 0 Å². The van der Waals surface area contributed by atoms with Crippen LogP contribution in [0.4, 0.5) is 0 Å². The fraction of sp³-hybridized carbons (Fsp3) is 0.611. The summed E-state index contributed by atoms with van der Waals surface area (Å²) >= 11 is 0. The first-order valence-corrected chi connectivity index (χ1v) is 10.2. The third-order valence-electron chi connectivity index (χ3n) is 3.75. The second-order valence-corrected chi connectivity index (χ2v) is 8.16. The summed E-state index contributed by atoms with van der Waals surface area (Å²) in [7, 11) is -3.04. The summed E-state index contributed by atoms with van der Waals surface area (Å²) in [6, 6.07) is 7.16. The van der Waals surface area contributed by atoms with Crippen LogP contribution in [0.1, 0.15) is 50.5 Å². The zero-order valence-corrected chi connectivity index (χ0v) is 16.2. The second kappa shape index (κ2) is 9.97. The summed E-state index contributed by atoms with van der Waals surface area (Å²) in [5.41, 5.74) is 1.49. The molecule has 1 aromatic rings. The normalized spacial score (nSPS) is 13.1. The van der Waals surface area contributed by atoms with Crippen LogP contribution in [-0.2, 0) is 24.8 Å². The molecule has 24 heavy (non-hydrogen) atoms. The third-order valence-corrected chi connectivity index (χ3v) is 5.82. The molecule has 0 aliphatic rings. The van der Waals surface area contributed by atoms with E-state index in [1.54, 1.807) is 26.0 Å². The quantitative estimate of drug-likeness (QED) is 0.449. The van der Waals surface area contributed by atoms with E-state index in [1.807, 2.05) is 32.9 Å². The van der Waals surface area contributed by atoms with Crippen LogP contribution in [0.15, 0.2) is 24.3 Å². The molecule has 0 heterocycles. The van der Waals surface area contributed by atoms with Crippen molar-refractivity contribution in [1.29, 1.82) is 0 Å². The van der Waals surface area contributed by atoms with Gasteiger partial charge in [-0.05, 0) is 50.8 Å². The van der Waals surface area contributed by atoms with Gasteiger partial charge in [-0.15, -0.1) is 0 Å². The number of carbonyl (C=O) groups excluding carboxylic acids is 1. The van der Waals surface area contributed by atoms with Gasteiger partial charge in [0.1, 0.15) is 6.10 Å². The van der Waals surface area contributed by atoms with E-state index in [9.17, 15) is 9.36 Å². The number of hydrogen-bond donors (Lipinski definition) is 0. The van der Waals surface area contributed by atoms with Crippen molar-refractivity contribution in [2.75, 3.05) is 19.4 Å². The Labute approximate surface area is 145 Å². The molecule has 0 saturated heterocycles. The maximum Gasteiger partial charge on any atom is 0.338 e. The molecule has 1 atom stereocenters. The van der Waals surface area contributed by atoms with Crippen LogP contribution in [0.5, 0.6) is 0 Å². The fourth-order valence-electron chi connectivity index (χ4n) is 2.01. The molecule has 6 heteroatoms. The van der Waals surface area contributed by atoms with E-state index < -0.39 is 7.60 Å². The minimum Gasteiger partial charge on any atom is -0.459 e. The molecule has 0 fully saturated rings. The van der Waals surface area contributed by atoms with E-state index in [2.05, 4.69) is 0 Å². The van der Waals surface area contributed by atoms with Gasteiger partial charge in [-0.2, -0.15) is 0 Å². The zero-order valence-electron chi connectivity index (χ0n) is 15.3. The van der Waals surface area contributed by atoms with E-state index in [0.29, 0.717) is 31.4 Å². The van der Waals surface area contributed by atoms with E-state index >= 15 is 0 Å². The van der Waals surface area contributed by atoms with Crippen molar-refractivity contribution >= 4 is 13.6 Å². The lowest BCUT2D eigenvalue weighted by Gasteiger charge is -2.17. The number of esters is 1. The summed E-state index contributed by atoms with van der Waals surface area (Å²) in [6.45, 7) is 10.2. The SMILES string of the molecule is CCOP(=O)(CCc1ccc(C(=O)OC(C)C(C)C)cc1)OCC. The van der Waals surface area contributed by atoms with E-state index in [4.69, 9.17) is 13.8 Å². The molecule has 0 saturated carbocycles. The Hall–Kier alpha value is -1.16. The lowest BCUT2D eigenvalue weighted by atomic mass is 10.1. The van der Waals surface area contributed by atoms with Crippen molar-refractivity contribution in [2.45, 2.75) is 47.1 Å². The number of hydrogen-bond acceptors (Lipinski definition) is 5. The molecule has 0 aliphatic carbocycles. The van der Waals surface area contributed by atoms with E-state index in [-0.39, 0.29) is 18.0 Å². The standard InChI is InChI=1S/C18H29O5P/c1-6-21-24(20,22-7-2)13-12-16-8-10-17(11-9-16)18(19)23-15(5)14(3)4/h8-11,14-15H,6-7,12-13H2,1-5H3. The highest BCUT2D eigenvalue weighted by atomic mass is 31.2. The van der Waals surface area contributed by atoms with Gasteiger partial charge in [0, 0.05) is 0 Å². The van der Waals surface area contributed by atoms with Gasteiger partial charge in [0.25, 0.3) is 0 Å². The number of aryl methyl sites for hydroxylation is 1. The maximum absolute atomic E-state index is 12.4. The topological polar surface area (TPSA) is 61.8 Å². The van der Waals surface area contributed by atoms with Crippen molar-refractivity contribution in [3.8, 4) is 0 Å². The Morgan fingerprint density at radius 3 is 2.04 bits per heavy atom. The highest BCUT2D eigenvalue weighted by molar-refractivity contribution is 7.53. The van der Waals surface area contributed by atoms with Crippen LogP contribution in [0.25, 0.3) is 0 Å². The summed E-state index contributed by atoms with van der Waals surface area (Å²) in [6.07, 6.45) is 0.762. The van der Waals surface area contributed by atoms with Crippen LogP contribution in [0, 0.1) is 5.92 Å². The molecule has 5 nitrogen and oxygen atoms in total. The highest BCUT2D eigenvalue weighted by Gasteiger charge is 2.23. The summed E-state index contributed by atoms with van der Waals surface area (Å²) in [5.74, 6) is -0.0449. The number of carbonyl (C=O) groups is 1. The van der Waals surface area contributed by atoms with Crippen LogP contribution >= 0.6 is 7.60 Å². The van der Waals surface area contributed by atoms with Gasteiger partial charge in [0.15, 0.2) is 0 Å². The minimum absolute atomic E-state index is 0.125. The molecule has 0 spiro atoms. The first-order valence-electron chi connectivity index (χ1n) is 8.49. The molecule has 1 rings (SSSR count). The van der Waals surface area contributed by atoms with Gasteiger partial charge in [-0.3, -0.25) is 4.57 Å². The van der Waals surface area contributed by atoms with Gasteiger partial charge in [-0.25, -0.2) is 4.79 Å². The number of benzene rings is 1. The fourth-order valence-corrected chi connectivity index (χ4v) is 3.66. The van der Waals surface area contributed by atoms with Gasteiger partial charge < -0.3 is 13.8 Å². The average molecular weight is 356 g/mol. The maximum atomic E-state index is 12.4. The minimum atomic E-state index is -3.04. The van der Waals surface area contributed by atoms with Crippen molar-refractivity contribution in [3.63, 3.8) is 0 Å².